The summed E-state index contributed by atoms with van der Waals surface area (Å²) in [6.07, 6.45) is 0.689. The first kappa shape index (κ1) is 22.0. The summed E-state index contributed by atoms with van der Waals surface area (Å²) in [5.41, 5.74) is 2.61. The third-order valence-electron chi connectivity index (χ3n) is 4.60. The molecule has 8 heteroatoms. The molecule has 28 heavy (non-hydrogen) atoms. The van der Waals surface area contributed by atoms with Crippen molar-refractivity contribution < 1.29 is 18.4 Å². The highest BCUT2D eigenvalue weighted by Crippen LogP contribution is 2.27. The smallest absolute Gasteiger partial charge is 0.274 e. The largest absolute Gasteiger partial charge is 0.593 e. The Bertz CT molecular complexity index is 949. The molecule has 1 aromatic carbocycles. The number of benzene rings is 1. The Balaban J connectivity index is 2.53. The summed E-state index contributed by atoms with van der Waals surface area (Å²) < 4.78 is 26.1. The third kappa shape index (κ3) is 4.09. The molecule has 1 heterocycles. The number of carbonyl (C=O) groups is 2. The summed E-state index contributed by atoms with van der Waals surface area (Å²) in [5.74, 6) is -0.402. The topological polar surface area (TPSA) is 96.5 Å². The fourth-order valence-corrected chi connectivity index (χ4v) is 4.16. The van der Waals surface area contributed by atoms with E-state index in [2.05, 4.69) is 4.98 Å². The first-order valence-corrected chi connectivity index (χ1v) is 10.5. The normalized spacial score (nSPS) is 13.4. The van der Waals surface area contributed by atoms with Crippen molar-refractivity contribution >= 4 is 27.8 Å². The second-order valence-corrected chi connectivity index (χ2v) is 9.07. The Morgan fingerprint density at radius 2 is 1.86 bits per heavy atom. The quantitative estimate of drug-likeness (QED) is 0.564. The predicted molar refractivity (Wildman–Crippen MR) is 109 cm³/mol. The van der Waals surface area contributed by atoms with Crippen LogP contribution in [0, 0.1) is 13.8 Å². The number of anilines is 1. The zero-order valence-corrected chi connectivity index (χ0v) is 18.0. The van der Waals surface area contributed by atoms with Crippen molar-refractivity contribution in [2.75, 3.05) is 25.5 Å². The van der Waals surface area contributed by atoms with Gasteiger partial charge in [-0.05, 0) is 44.9 Å². The highest BCUT2D eigenvalue weighted by atomic mass is 32.3. The number of hydrogen-bond acceptors (Lipinski definition) is 4. The summed E-state index contributed by atoms with van der Waals surface area (Å²) in [7, 11) is -0.690. The van der Waals surface area contributed by atoms with Crippen LogP contribution in [0.3, 0.4) is 0 Å². The van der Waals surface area contributed by atoms with Crippen LogP contribution in [0.5, 0.6) is 0 Å². The van der Waals surface area contributed by atoms with E-state index in [9.17, 15) is 18.4 Å². The van der Waals surface area contributed by atoms with Crippen molar-refractivity contribution in [1.29, 1.82) is 0 Å². The number of hydrogen-bond donors (Lipinski definition) is 1. The Kier molecular flexibility index (Phi) is 6.59. The fourth-order valence-electron chi connectivity index (χ4n) is 3.22. The fraction of sp³-hybridized carbons (Fsp3) is 0.400. The number of sulfonamides is 1. The number of aromatic amines is 1. The maximum absolute atomic E-state index is 13.3. The van der Waals surface area contributed by atoms with E-state index in [1.54, 1.807) is 26.0 Å². The molecule has 0 aliphatic rings. The minimum Gasteiger partial charge on any atom is -0.593 e. The van der Waals surface area contributed by atoms with E-state index in [0.29, 0.717) is 41.2 Å². The van der Waals surface area contributed by atoms with Gasteiger partial charge in [-0.15, -0.1) is 4.31 Å². The predicted octanol–water partition coefficient (Wildman–Crippen LogP) is 3.36. The molecule has 152 valence electrons. The summed E-state index contributed by atoms with van der Waals surface area (Å²) in [6.45, 7) is 7.32. The standard InChI is InChI=1S/C20H27N3O4S/c1-7-11-23(16-9-8-10-17(12-16)28(26,27)22(5)6)20(25)19-13(2)18(15(4)24)14(3)21-19/h8-10,12H,7,11H2,1-6H3,(H-,21,24,25,26,27). The molecule has 1 atom stereocenters. The van der Waals surface area contributed by atoms with Gasteiger partial charge in [-0.2, -0.15) is 0 Å². The second-order valence-electron chi connectivity index (χ2n) is 6.92. The molecule has 0 aliphatic heterocycles. The summed E-state index contributed by atoms with van der Waals surface area (Å²) >= 11 is 0. The highest BCUT2D eigenvalue weighted by molar-refractivity contribution is 7.95. The van der Waals surface area contributed by atoms with Crippen LogP contribution in [0.4, 0.5) is 5.69 Å². The second kappa shape index (κ2) is 8.38. The number of H-pyrrole nitrogens is 1. The van der Waals surface area contributed by atoms with Crippen LogP contribution in [0.25, 0.3) is 0 Å². The summed E-state index contributed by atoms with van der Waals surface area (Å²) in [6, 6.07) is 6.33. The molecule has 2 rings (SSSR count). The van der Waals surface area contributed by atoms with Crippen molar-refractivity contribution in [3.05, 3.63) is 46.8 Å². The molecular weight excluding hydrogens is 378 g/mol. The third-order valence-corrected chi connectivity index (χ3v) is 6.41. The number of aromatic nitrogens is 1. The van der Waals surface area contributed by atoms with Gasteiger partial charge >= 0.3 is 0 Å². The molecule has 0 aliphatic carbocycles. The van der Waals surface area contributed by atoms with Gasteiger partial charge in [-0.3, -0.25) is 9.59 Å². The van der Waals surface area contributed by atoms with Crippen LogP contribution in [-0.2, 0) is 14.6 Å². The average Bonchev–Trinajstić information content (AvgIpc) is 2.93. The number of Topliss-reactive ketones (excluding diaryl/α,β-unsaturated/α-hetero) is 1. The van der Waals surface area contributed by atoms with E-state index in [0.717, 1.165) is 4.31 Å². The number of aryl methyl sites for hydroxylation is 1. The molecule has 0 bridgehead atoms. The minimum absolute atomic E-state index is 0.105. The number of amides is 1. The number of nitrogens with zero attached hydrogens (tertiary/aromatic N) is 2. The van der Waals surface area contributed by atoms with E-state index in [4.69, 9.17) is 0 Å². The van der Waals surface area contributed by atoms with Gasteiger partial charge in [0.15, 0.2) is 21.1 Å². The Morgan fingerprint density at radius 1 is 1.21 bits per heavy atom. The Hall–Kier alpha value is -2.29. The van der Waals surface area contributed by atoms with Crippen LogP contribution < -0.4 is 4.90 Å². The van der Waals surface area contributed by atoms with Crippen LogP contribution in [0.2, 0.25) is 0 Å². The van der Waals surface area contributed by atoms with Gasteiger partial charge in [0.25, 0.3) is 5.91 Å². The van der Waals surface area contributed by atoms with Crippen molar-refractivity contribution in [3.8, 4) is 0 Å². The first-order chi connectivity index (χ1) is 13.0. The zero-order chi connectivity index (χ0) is 21.2. The lowest BCUT2D eigenvalue weighted by molar-refractivity contribution is 0.0981. The maximum atomic E-state index is 13.3. The van der Waals surface area contributed by atoms with E-state index in [-0.39, 0.29) is 16.6 Å². The lowest BCUT2D eigenvalue weighted by Crippen LogP contribution is -2.33. The summed E-state index contributed by atoms with van der Waals surface area (Å²) in [4.78, 5) is 29.8. The molecule has 1 aromatic heterocycles. The molecule has 0 spiro atoms. The average molecular weight is 406 g/mol. The van der Waals surface area contributed by atoms with Gasteiger partial charge in [-0.1, -0.05) is 17.2 Å². The van der Waals surface area contributed by atoms with Crippen LogP contribution in [0.15, 0.2) is 29.2 Å². The molecule has 2 aromatic rings. The van der Waals surface area contributed by atoms with Gasteiger partial charge in [0.2, 0.25) is 0 Å². The molecule has 0 radical (unpaired) electrons. The van der Waals surface area contributed by atoms with Crippen LogP contribution >= 0.6 is 0 Å². The lowest BCUT2D eigenvalue weighted by atomic mass is 10.1. The van der Waals surface area contributed by atoms with Crippen LogP contribution in [0.1, 0.15) is 52.4 Å². The Morgan fingerprint density at radius 3 is 2.36 bits per heavy atom. The molecule has 0 fully saturated rings. The molecule has 0 saturated carbocycles. The van der Waals surface area contributed by atoms with Gasteiger partial charge < -0.3 is 14.4 Å². The van der Waals surface area contributed by atoms with Crippen molar-refractivity contribution in [2.45, 2.75) is 39.0 Å². The summed E-state index contributed by atoms with van der Waals surface area (Å²) in [5, 5.41) is 0. The van der Waals surface area contributed by atoms with Crippen molar-refractivity contribution in [1.82, 2.24) is 9.29 Å². The molecule has 1 N–H and O–H groups in total. The van der Waals surface area contributed by atoms with Crippen molar-refractivity contribution in [3.63, 3.8) is 0 Å². The zero-order valence-electron chi connectivity index (χ0n) is 17.2. The van der Waals surface area contributed by atoms with E-state index < -0.39 is 10.4 Å². The van der Waals surface area contributed by atoms with Crippen molar-refractivity contribution in [2.24, 2.45) is 0 Å². The van der Waals surface area contributed by atoms with Gasteiger partial charge in [0, 0.05) is 43.7 Å². The van der Waals surface area contributed by atoms with E-state index in [1.807, 2.05) is 6.92 Å². The lowest BCUT2D eigenvalue weighted by Gasteiger charge is -2.24. The highest BCUT2D eigenvalue weighted by Gasteiger charge is 2.28. The van der Waals surface area contributed by atoms with Crippen LogP contribution in [-0.4, -0.2) is 46.2 Å². The molecular formula is C20H27N3O4S. The molecule has 0 saturated heterocycles. The first-order valence-electron chi connectivity index (χ1n) is 9.06. The Labute approximate surface area is 167 Å². The van der Waals surface area contributed by atoms with E-state index >= 15 is 0 Å². The molecule has 1 amide bonds. The SMILES string of the molecule is CCCN(C(=O)c1[nH]c(C)c(C(C)=O)c1C)c1cccc([S+](=O)([O-])N(C)C)c1. The number of carbonyl (C=O) groups excluding carboxylic acids is 2. The number of rotatable bonds is 7. The van der Waals surface area contributed by atoms with Gasteiger partial charge in [-0.25, -0.2) is 0 Å². The maximum Gasteiger partial charge on any atom is 0.274 e. The number of ketones is 1. The van der Waals surface area contributed by atoms with Gasteiger partial charge in [0.1, 0.15) is 5.69 Å². The molecule has 7 nitrogen and oxygen atoms in total. The number of nitrogens with one attached hydrogen (secondary N) is 1. The van der Waals surface area contributed by atoms with E-state index in [1.165, 1.54) is 38.1 Å². The minimum atomic E-state index is -3.62. The monoisotopic (exact) mass is 405 g/mol. The van der Waals surface area contributed by atoms with Gasteiger partial charge in [0.05, 0.1) is 0 Å². The molecule has 1 unspecified atom stereocenters.